The molecule has 1 aromatic carbocycles. The van der Waals surface area contributed by atoms with E-state index in [4.69, 9.17) is 21.4 Å². The minimum Gasteiger partial charge on any atom is -0.394 e. The van der Waals surface area contributed by atoms with E-state index in [0.29, 0.717) is 25.5 Å². The van der Waals surface area contributed by atoms with Gasteiger partial charge in [-0.05, 0) is 30.5 Å². The summed E-state index contributed by atoms with van der Waals surface area (Å²) in [5, 5.41) is 8.52. The number of sulfonamides is 1. The molecule has 1 rings (SSSR count). The Morgan fingerprint density at radius 3 is 2.50 bits per heavy atom. The van der Waals surface area contributed by atoms with Crippen LogP contribution < -0.4 is 4.72 Å². The third-order valence-electron chi connectivity index (χ3n) is 2.61. The van der Waals surface area contributed by atoms with E-state index in [1.165, 1.54) is 0 Å². The summed E-state index contributed by atoms with van der Waals surface area (Å²) in [5.41, 5.74) is 1.01. The molecule has 0 spiro atoms. The second-order valence-electron chi connectivity index (χ2n) is 4.17. The van der Waals surface area contributed by atoms with Crippen molar-refractivity contribution in [2.75, 3.05) is 32.2 Å². The molecule has 0 fully saturated rings. The van der Waals surface area contributed by atoms with Gasteiger partial charge in [0.1, 0.15) is 0 Å². The maximum absolute atomic E-state index is 12.0. The second-order valence-corrected chi connectivity index (χ2v) is 6.32. The van der Waals surface area contributed by atoms with Gasteiger partial charge in [0.25, 0.3) is 0 Å². The molecule has 5 nitrogen and oxygen atoms in total. The highest BCUT2D eigenvalue weighted by atomic mass is 35.5. The van der Waals surface area contributed by atoms with Crippen molar-refractivity contribution in [2.24, 2.45) is 0 Å². The molecule has 0 aliphatic rings. The standard InChI is InChI=1S/C13H20ClNO4S/c14-7-6-12-2-4-13(5-3-12)20(17,18)15-8-1-10-19-11-9-16/h2-5,15-16H,1,6-11H2. The van der Waals surface area contributed by atoms with Crippen LogP contribution in [0.1, 0.15) is 12.0 Å². The third-order valence-corrected chi connectivity index (χ3v) is 4.28. The van der Waals surface area contributed by atoms with Crippen LogP contribution in [0.2, 0.25) is 0 Å². The molecular weight excluding hydrogens is 302 g/mol. The normalized spacial score (nSPS) is 11.7. The predicted octanol–water partition coefficient (Wildman–Crippen LogP) is 1.15. The molecule has 114 valence electrons. The molecule has 0 aliphatic heterocycles. The van der Waals surface area contributed by atoms with E-state index in [2.05, 4.69) is 4.72 Å². The highest BCUT2D eigenvalue weighted by Gasteiger charge is 2.12. The fourth-order valence-corrected chi connectivity index (χ4v) is 2.87. The minimum absolute atomic E-state index is 0.0274. The van der Waals surface area contributed by atoms with E-state index >= 15 is 0 Å². The largest absolute Gasteiger partial charge is 0.394 e. The van der Waals surface area contributed by atoms with Gasteiger partial charge in [-0.2, -0.15) is 0 Å². The summed E-state index contributed by atoms with van der Waals surface area (Å²) in [6.45, 7) is 0.962. The van der Waals surface area contributed by atoms with Gasteiger partial charge in [0.15, 0.2) is 0 Å². The van der Waals surface area contributed by atoms with Gasteiger partial charge >= 0.3 is 0 Å². The molecule has 0 aromatic heterocycles. The number of ether oxygens (including phenoxy) is 1. The number of halogens is 1. The Bertz CT molecular complexity index is 476. The van der Waals surface area contributed by atoms with Gasteiger partial charge in [-0.25, -0.2) is 13.1 Å². The number of alkyl halides is 1. The van der Waals surface area contributed by atoms with Gasteiger partial charge in [-0.3, -0.25) is 0 Å². The highest BCUT2D eigenvalue weighted by molar-refractivity contribution is 7.89. The van der Waals surface area contributed by atoms with Crippen molar-refractivity contribution >= 4 is 21.6 Å². The zero-order valence-corrected chi connectivity index (χ0v) is 12.8. The number of aliphatic hydroxyl groups excluding tert-OH is 1. The van der Waals surface area contributed by atoms with Crippen LogP contribution in [0.15, 0.2) is 29.2 Å². The van der Waals surface area contributed by atoms with Crippen molar-refractivity contribution in [3.8, 4) is 0 Å². The molecule has 0 aliphatic carbocycles. The fraction of sp³-hybridized carbons (Fsp3) is 0.538. The molecule has 0 heterocycles. The Hall–Kier alpha value is -0.660. The van der Waals surface area contributed by atoms with Crippen molar-refractivity contribution in [2.45, 2.75) is 17.7 Å². The Balaban J connectivity index is 2.43. The summed E-state index contributed by atoms with van der Waals surface area (Å²) in [7, 11) is -3.47. The van der Waals surface area contributed by atoms with Crippen LogP contribution in [0.3, 0.4) is 0 Å². The Morgan fingerprint density at radius 2 is 1.90 bits per heavy atom. The van der Waals surface area contributed by atoms with Gasteiger partial charge in [0.05, 0.1) is 18.1 Å². The van der Waals surface area contributed by atoms with Gasteiger partial charge in [0.2, 0.25) is 10.0 Å². The summed E-state index contributed by atoms with van der Waals surface area (Å²) in [6, 6.07) is 6.68. The smallest absolute Gasteiger partial charge is 0.240 e. The minimum atomic E-state index is -3.47. The molecule has 0 unspecified atom stereocenters. The van der Waals surface area contributed by atoms with Crippen molar-refractivity contribution in [3.05, 3.63) is 29.8 Å². The molecule has 20 heavy (non-hydrogen) atoms. The number of rotatable bonds is 10. The first kappa shape index (κ1) is 17.4. The van der Waals surface area contributed by atoms with Crippen molar-refractivity contribution in [1.29, 1.82) is 0 Å². The highest BCUT2D eigenvalue weighted by Crippen LogP contribution is 2.11. The van der Waals surface area contributed by atoms with Crippen LogP contribution in [-0.4, -0.2) is 45.8 Å². The zero-order valence-electron chi connectivity index (χ0n) is 11.2. The first-order chi connectivity index (χ1) is 9.60. The number of nitrogens with one attached hydrogen (secondary N) is 1. The lowest BCUT2D eigenvalue weighted by atomic mass is 10.2. The quantitative estimate of drug-likeness (QED) is 0.500. The summed E-state index contributed by atoms with van der Waals surface area (Å²) >= 11 is 5.63. The average molecular weight is 322 g/mol. The number of hydrogen-bond acceptors (Lipinski definition) is 4. The van der Waals surface area contributed by atoms with Gasteiger partial charge in [0, 0.05) is 19.0 Å². The molecule has 2 N–H and O–H groups in total. The monoisotopic (exact) mass is 321 g/mol. The second kappa shape index (κ2) is 9.31. The SMILES string of the molecule is O=S(=O)(NCCCOCCO)c1ccc(CCCl)cc1. The van der Waals surface area contributed by atoms with E-state index in [1.54, 1.807) is 24.3 Å². The van der Waals surface area contributed by atoms with Crippen LogP contribution >= 0.6 is 11.6 Å². The molecule has 7 heteroatoms. The molecule has 0 atom stereocenters. The van der Waals surface area contributed by atoms with Crippen LogP contribution in [-0.2, 0) is 21.2 Å². The maximum atomic E-state index is 12.0. The van der Waals surface area contributed by atoms with E-state index in [-0.39, 0.29) is 18.1 Å². The predicted molar refractivity (Wildman–Crippen MR) is 78.6 cm³/mol. The fourth-order valence-electron chi connectivity index (χ4n) is 1.58. The zero-order chi connectivity index (χ0) is 14.8. The number of aryl methyl sites for hydroxylation is 1. The van der Waals surface area contributed by atoms with E-state index in [0.717, 1.165) is 12.0 Å². The Labute approximate surface area is 125 Å². The lowest BCUT2D eigenvalue weighted by Crippen LogP contribution is -2.25. The average Bonchev–Trinajstić information content (AvgIpc) is 2.44. The van der Waals surface area contributed by atoms with Crippen LogP contribution in [0.25, 0.3) is 0 Å². The molecular formula is C13H20ClNO4S. The van der Waals surface area contributed by atoms with Crippen LogP contribution in [0.4, 0.5) is 0 Å². The van der Waals surface area contributed by atoms with E-state index < -0.39 is 10.0 Å². The topological polar surface area (TPSA) is 75.6 Å². The van der Waals surface area contributed by atoms with E-state index in [1.807, 2.05) is 0 Å². The van der Waals surface area contributed by atoms with Crippen molar-refractivity contribution in [3.63, 3.8) is 0 Å². The number of benzene rings is 1. The molecule has 0 radical (unpaired) electrons. The Morgan fingerprint density at radius 1 is 1.20 bits per heavy atom. The summed E-state index contributed by atoms with van der Waals surface area (Å²) in [4.78, 5) is 0.243. The summed E-state index contributed by atoms with van der Waals surface area (Å²) in [5.74, 6) is 0.512. The van der Waals surface area contributed by atoms with Crippen molar-refractivity contribution < 1.29 is 18.3 Å². The van der Waals surface area contributed by atoms with Gasteiger partial charge in [-0.1, -0.05) is 12.1 Å². The van der Waals surface area contributed by atoms with Gasteiger partial charge in [-0.15, -0.1) is 11.6 Å². The summed E-state index contributed by atoms with van der Waals surface area (Å²) in [6.07, 6.45) is 1.28. The first-order valence-corrected chi connectivity index (χ1v) is 8.45. The number of aliphatic hydroxyl groups is 1. The molecule has 0 saturated heterocycles. The van der Waals surface area contributed by atoms with E-state index in [9.17, 15) is 8.42 Å². The van der Waals surface area contributed by atoms with Gasteiger partial charge < -0.3 is 9.84 Å². The van der Waals surface area contributed by atoms with Crippen LogP contribution in [0, 0.1) is 0 Å². The molecule has 0 amide bonds. The molecule has 0 saturated carbocycles. The van der Waals surface area contributed by atoms with Crippen molar-refractivity contribution in [1.82, 2.24) is 4.72 Å². The molecule has 0 bridgehead atoms. The van der Waals surface area contributed by atoms with Crippen LogP contribution in [0.5, 0.6) is 0 Å². The Kier molecular flexibility index (Phi) is 8.09. The summed E-state index contributed by atoms with van der Waals surface area (Å²) < 4.78 is 31.5. The number of hydrogen-bond donors (Lipinski definition) is 2. The molecule has 1 aromatic rings. The lowest BCUT2D eigenvalue weighted by Gasteiger charge is -2.07. The maximum Gasteiger partial charge on any atom is 0.240 e. The third kappa shape index (κ3) is 6.19. The lowest BCUT2D eigenvalue weighted by molar-refractivity contribution is 0.0913. The first-order valence-electron chi connectivity index (χ1n) is 6.43.